The Morgan fingerprint density at radius 1 is 1.03 bits per heavy atom. The van der Waals surface area contributed by atoms with Crippen molar-refractivity contribution in [3.63, 3.8) is 0 Å². The molecule has 0 aliphatic carbocycles. The molecule has 0 saturated carbocycles. The topological polar surface area (TPSA) is 51.2 Å². The minimum absolute atomic E-state index is 0.0363. The summed E-state index contributed by atoms with van der Waals surface area (Å²) in [6.45, 7) is 7.94. The van der Waals surface area contributed by atoms with E-state index < -0.39 is 0 Å². The van der Waals surface area contributed by atoms with Crippen molar-refractivity contribution in [3.05, 3.63) is 70.8 Å². The van der Waals surface area contributed by atoms with Crippen LogP contribution in [0.15, 0.2) is 53.5 Å². The Morgan fingerprint density at radius 2 is 1.74 bits per heavy atom. The van der Waals surface area contributed by atoms with Gasteiger partial charge in [0.15, 0.2) is 5.96 Å². The highest BCUT2D eigenvalue weighted by molar-refractivity contribution is 5.94. The van der Waals surface area contributed by atoms with E-state index in [0.29, 0.717) is 0 Å². The summed E-state index contributed by atoms with van der Waals surface area (Å²) in [5, 5.41) is 3.49. The number of carbonyl (C=O) groups excluding carboxylic acids is 1. The van der Waals surface area contributed by atoms with Crippen molar-refractivity contribution in [2.45, 2.75) is 19.9 Å². The van der Waals surface area contributed by atoms with Crippen molar-refractivity contribution in [2.24, 2.45) is 4.99 Å². The van der Waals surface area contributed by atoms with E-state index in [-0.39, 0.29) is 5.91 Å². The number of benzene rings is 2. The number of piperazine rings is 1. The quantitative estimate of drug-likeness (QED) is 0.576. The molecule has 2 aromatic carbocycles. The number of rotatable bonds is 6. The Bertz CT molecular complexity index is 900. The Morgan fingerprint density at radius 3 is 2.42 bits per heavy atom. The fraction of sp³-hybridized carbons (Fsp3) is 0.440. The average molecular weight is 422 g/mol. The van der Waals surface area contributed by atoms with Crippen molar-refractivity contribution >= 4 is 11.9 Å². The molecule has 31 heavy (non-hydrogen) atoms. The fourth-order valence-electron chi connectivity index (χ4n) is 3.96. The molecule has 0 unspecified atom stereocenters. The third-order valence-electron chi connectivity index (χ3n) is 5.65. The normalized spacial score (nSPS) is 15.1. The lowest BCUT2D eigenvalue weighted by Gasteiger charge is -2.36. The van der Waals surface area contributed by atoms with Crippen LogP contribution in [0.5, 0.6) is 0 Å². The Balaban J connectivity index is 1.46. The first-order valence-electron chi connectivity index (χ1n) is 11.0. The Labute approximate surface area is 186 Å². The van der Waals surface area contributed by atoms with Gasteiger partial charge in [-0.25, -0.2) is 0 Å². The molecule has 1 saturated heterocycles. The highest BCUT2D eigenvalue weighted by Gasteiger charge is 2.19. The van der Waals surface area contributed by atoms with Gasteiger partial charge in [0.2, 0.25) is 0 Å². The van der Waals surface area contributed by atoms with E-state index in [2.05, 4.69) is 57.4 Å². The number of guanidine groups is 1. The average Bonchev–Trinajstić information content (AvgIpc) is 2.77. The number of carbonyl (C=O) groups is 1. The lowest BCUT2D eigenvalue weighted by Crippen LogP contribution is -2.52. The third kappa shape index (κ3) is 6.56. The molecule has 0 bridgehead atoms. The number of hydrogen-bond donors (Lipinski definition) is 1. The summed E-state index contributed by atoms with van der Waals surface area (Å²) in [5.41, 5.74) is 4.58. The Hall–Kier alpha value is -2.86. The van der Waals surface area contributed by atoms with Gasteiger partial charge in [0.25, 0.3) is 5.91 Å². The van der Waals surface area contributed by atoms with Gasteiger partial charge in [-0.05, 0) is 36.6 Å². The lowest BCUT2D eigenvalue weighted by molar-refractivity contribution is 0.0827. The van der Waals surface area contributed by atoms with Crippen molar-refractivity contribution < 1.29 is 4.79 Å². The predicted octanol–water partition coefficient (Wildman–Crippen LogP) is 2.63. The van der Waals surface area contributed by atoms with E-state index in [0.717, 1.165) is 62.8 Å². The van der Waals surface area contributed by atoms with E-state index in [4.69, 9.17) is 0 Å². The number of hydrogen-bond acceptors (Lipinski definition) is 3. The second-order valence-corrected chi connectivity index (χ2v) is 8.38. The van der Waals surface area contributed by atoms with Crippen LogP contribution in [-0.2, 0) is 13.0 Å². The molecule has 3 rings (SSSR count). The van der Waals surface area contributed by atoms with Crippen LogP contribution in [0.25, 0.3) is 0 Å². The maximum Gasteiger partial charge on any atom is 0.253 e. The van der Waals surface area contributed by atoms with Crippen LogP contribution < -0.4 is 5.32 Å². The van der Waals surface area contributed by atoms with Gasteiger partial charge in [-0.1, -0.05) is 42.0 Å². The van der Waals surface area contributed by atoms with Gasteiger partial charge in [-0.3, -0.25) is 14.7 Å². The zero-order valence-corrected chi connectivity index (χ0v) is 19.3. The molecule has 1 aliphatic heterocycles. The zero-order chi connectivity index (χ0) is 22.2. The molecule has 1 heterocycles. The molecule has 1 amide bonds. The predicted molar refractivity (Wildman–Crippen MR) is 128 cm³/mol. The summed E-state index contributed by atoms with van der Waals surface area (Å²) >= 11 is 0. The molecule has 0 atom stereocenters. The summed E-state index contributed by atoms with van der Waals surface area (Å²) in [4.78, 5) is 23.1. The summed E-state index contributed by atoms with van der Waals surface area (Å²) in [7, 11) is 5.40. The van der Waals surface area contributed by atoms with Crippen molar-refractivity contribution in [1.29, 1.82) is 0 Å². The number of aliphatic imine (C=N–C) groups is 1. The standard InChI is InChI=1S/C25H35N5O/c1-20-7-5-9-22(17-20)19-29-13-15-30(16-14-29)25(26-2)27-12-11-21-8-6-10-23(18-21)24(31)28(3)4/h5-10,17-18H,11-16,19H2,1-4H3,(H,26,27). The molecule has 6 heteroatoms. The lowest BCUT2D eigenvalue weighted by atomic mass is 10.1. The fourth-order valence-corrected chi connectivity index (χ4v) is 3.96. The smallest absolute Gasteiger partial charge is 0.253 e. The van der Waals surface area contributed by atoms with E-state index in [9.17, 15) is 4.79 Å². The molecule has 1 aliphatic rings. The SMILES string of the molecule is CN=C(NCCc1cccc(C(=O)N(C)C)c1)N1CCN(Cc2cccc(C)c2)CC1. The first-order valence-corrected chi connectivity index (χ1v) is 11.0. The molecule has 6 nitrogen and oxygen atoms in total. The largest absolute Gasteiger partial charge is 0.356 e. The molecule has 2 aromatic rings. The summed E-state index contributed by atoms with van der Waals surface area (Å²) in [6, 6.07) is 16.6. The van der Waals surface area contributed by atoms with Crippen LogP contribution in [0.1, 0.15) is 27.0 Å². The minimum Gasteiger partial charge on any atom is -0.356 e. The van der Waals surface area contributed by atoms with Crippen molar-refractivity contribution in [1.82, 2.24) is 20.0 Å². The van der Waals surface area contributed by atoms with Gasteiger partial charge in [0.05, 0.1) is 0 Å². The van der Waals surface area contributed by atoms with Crippen LogP contribution in [0.3, 0.4) is 0 Å². The van der Waals surface area contributed by atoms with E-state index in [1.807, 2.05) is 25.2 Å². The molecule has 0 spiro atoms. The van der Waals surface area contributed by atoms with Crippen LogP contribution in [0.4, 0.5) is 0 Å². The van der Waals surface area contributed by atoms with Gasteiger partial charge >= 0.3 is 0 Å². The van der Waals surface area contributed by atoms with Gasteiger partial charge in [0, 0.05) is 66.0 Å². The van der Waals surface area contributed by atoms with E-state index in [1.54, 1.807) is 19.0 Å². The molecule has 0 aromatic heterocycles. The van der Waals surface area contributed by atoms with Crippen molar-refractivity contribution in [2.75, 3.05) is 53.9 Å². The zero-order valence-electron chi connectivity index (χ0n) is 19.3. The highest BCUT2D eigenvalue weighted by atomic mass is 16.2. The molecule has 166 valence electrons. The molecular formula is C25H35N5O. The molecule has 0 radical (unpaired) electrons. The number of amides is 1. The summed E-state index contributed by atoms with van der Waals surface area (Å²) in [6.07, 6.45) is 0.848. The summed E-state index contributed by atoms with van der Waals surface area (Å²) in [5.74, 6) is 0.991. The van der Waals surface area contributed by atoms with Crippen LogP contribution in [0, 0.1) is 6.92 Å². The van der Waals surface area contributed by atoms with Gasteiger partial charge in [0.1, 0.15) is 0 Å². The maximum atomic E-state index is 12.2. The minimum atomic E-state index is 0.0363. The van der Waals surface area contributed by atoms with E-state index >= 15 is 0 Å². The molecular weight excluding hydrogens is 386 g/mol. The maximum absolute atomic E-state index is 12.2. The Kier molecular flexibility index (Phi) is 8.06. The van der Waals surface area contributed by atoms with Crippen molar-refractivity contribution in [3.8, 4) is 0 Å². The first kappa shape index (κ1) is 22.8. The summed E-state index contributed by atoms with van der Waals surface area (Å²) < 4.78 is 0. The molecule has 1 N–H and O–H groups in total. The first-order chi connectivity index (χ1) is 15.0. The molecule has 1 fully saturated rings. The number of aryl methyl sites for hydroxylation is 1. The van der Waals surface area contributed by atoms with Crippen LogP contribution in [-0.4, -0.2) is 80.4 Å². The van der Waals surface area contributed by atoms with Gasteiger partial charge in [-0.2, -0.15) is 0 Å². The second kappa shape index (κ2) is 11.0. The number of nitrogens with one attached hydrogen (secondary N) is 1. The van der Waals surface area contributed by atoms with Gasteiger partial charge < -0.3 is 15.1 Å². The van der Waals surface area contributed by atoms with Crippen LogP contribution in [0.2, 0.25) is 0 Å². The third-order valence-corrected chi connectivity index (χ3v) is 5.65. The monoisotopic (exact) mass is 421 g/mol. The van der Waals surface area contributed by atoms with Gasteiger partial charge in [-0.15, -0.1) is 0 Å². The second-order valence-electron chi connectivity index (χ2n) is 8.38. The highest BCUT2D eigenvalue weighted by Crippen LogP contribution is 2.11. The van der Waals surface area contributed by atoms with E-state index in [1.165, 1.54) is 11.1 Å². The van der Waals surface area contributed by atoms with Crippen LogP contribution >= 0.6 is 0 Å². The number of nitrogens with zero attached hydrogens (tertiary/aromatic N) is 4.